The zero-order valence-electron chi connectivity index (χ0n) is 14.1. The number of likely N-dealkylation sites (tertiary alicyclic amines) is 1. The number of hydrogen-bond donors (Lipinski definition) is 1. The minimum absolute atomic E-state index is 0.00232. The molecule has 0 saturated carbocycles. The third-order valence-corrected chi connectivity index (χ3v) is 4.46. The Morgan fingerprint density at radius 3 is 2.26 bits per heavy atom. The lowest BCUT2D eigenvalue weighted by molar-refractivity contribution is -0.123. The molecule has 2 amide bonds. The summed E-state index contributed by atoms with van der Waals surface area (Å²) in [6, 6.07) is 7.62. The van der Waals surface area contributed by atoms with Crippen LogP contribution >= 0.6 is 15.9 Å². The Balaban J connectivity index is 1.83. The van der Waals surface area contributed by atoms with Crippen LogP contribution in [0.15, 0.2) is 28.7 Å². The van der Waals surface area contributed by atoms with Gasteiger partial charge in [-0.2, -0.15) is 0 Å². The van der Waals surface area contributed by atoms with Gasteiger partial charge in [-0.25, -0.2) is 0 Å². The predicted octanol–water partition coefficient (Wildman–Crippen LogP) is 3.61. The normalized spacial score (nSPS) is 16.3. The summed E-state index contributed by atoms with van der Waals surface area (Å²) in [5.41, 5.74) is 0.714. The maximum atomic E-state index is 12.5. The summed E-state index contributed by atoms with van der Waals surface area (Å²) < 4.78 is 0.967. The average Bonchev–Trinajstić information content (AvgIpc) is 2.46. The van der Waals surface area contributed by atoms with Gasteiger partial charge in [0.2, 0.25) is 5.91 Å². The molecule has 0 bridgehead atoms. The number of carbonyl (C=O) groups excluding carboxylic acids is 2. The Hall–Kier alpha value is -1.36. The largest absolute Gasteiger partial charge is 0.353 e. The van der Waals surface area contributed by atoms with Crippen LogP contribution in [0.4, 0.5) is 0 Å². The molecule has 1 aromatic carbocycles. The third kappa shape index (κ3) is 5.65. The molecule has 1 aliphatic rings. The first-order chi connectivity index (χ1) is 10.7. The molecule has 1 fully saturated rings. The molecular weight excluding hydrogens is 356 g/mol. The lowest BCUT2D eigenvalue weighted by Crippen LogP contribution is -2.47. The second-order valence-electron chi connectivity index (χ2n) is 7.38. The van der Waals surface area contributed by atoms with Crippen LogP contribution in [0.5, 0.6) is 0 Å². The van der Waals surface area contributed by atoms with Gasteiger partial charge in [0.05, 0.1) is 0 Å². The van der Waals surface area contributed by atoms with E-state index in [0.29, 0.717) is 25.1 Å². The summed E-state index contributed by atoms with van der Waals surface area (Å²) in [6.45, 7) is 7.56. The van der Waals surface area contributed by atoms with Crippen LogP contribution in [0.1, 0.15) is 50.4 Å². The summed E-state index contributed by atoms with van der Waals surface area (Å²) in [6.07, 6.45) is 2.17. The van der Waals surface area contributed by atoms with E-state index in [9.17, 15) is 9.59 Å². The summed E-state index contributed by atoms with van der Waals surface area (Å²) in [4.78, 5) is 26.3. The third-order valence-electron chi connectivity index (χ3n) is 3.93. The molecule has 0 aromatic heterocycles. The summed E-state index contributed by atoms with van der Waals surface area (Å²) in [5.74, 6) is 0.173. The van der Waals surface area contributed by atoms with Crippen molar-refractivity contribution in [3.63, 3.8) is 0 Å². The fourth-order valence-electron chi connectivity index (χ4n) is 2.76. The van der Waals surface area contributed by atoms with Gasteiger partial charge in [0.1, 0.15) is 0 Å². The van der Waals surface area contributed by atoms with Gasteiger partial charge in [-0.15, -0.1) is 0 Å². The molecule has 2 rings (SSSR count). The summed E-state index contributed by atoms with van der Waals surface area (Å²) in [5, 5.41) is 3.10. The molecule has 1 saturated heterocycles. The molecule has 0 unspecified atom stereocenters. The smallest absolute Gasteiger partial charge is 0.253 e. The molecule has 5 heteroatoms. The monoisotopic (exact) mass is 380 g/mol. The number of rotatable bonds is 3. The zero-order chi connectivity index (χ0) is 17.0. The van der Waals surface area contributed by atoms with Gasteiger partial charge < -0.3 is 10.2 Å². The van der Waals surface area contributed by atoms with E-state index in [1.807, 2.05) is 29.2 Å². The first-order valence-corrected chi connectivity index (χ1v) is 8.88. The number of benzene rings is 1. The van der Waals surface area contributed by atoms with Gasteiger partial charge in [-0.1, -0.05) is 36.7 Å². The van der Waals surface area contributed by atoms with E-state index in [-0.39, 0.29) is 23.3 Å². The second kappa shape index (κ2) is 7.47. The van der Waals surface area contributed by atoms with Crippen molar-refractivity contribution in [1.82, 2.24) is 10.2 Å². The molecule has 0 spiro atoms. The van der Waals surface area contributed by atoms with Crippen molar-refractivity contribution in [3.05, 3.63) is 34.3 Å². The van der Waals surface area contributed by atoms with E-state index in [1.54, 1.807) is 0 Å². The molecular formula is C18H25BrN2O2. The van der Waals surface area contributed by atoms with Crippen LogP contribution < -0.4 is 5.32 Å². The minimum atomic E-state index is 0.00232. The molecule has 1 aromatic rings. The number of nitrogens with one attached hydrogen (secondary N) is 1. The summed E-state index contributed by atoms with van der Waals surface area (Å²) in [7, 11) is 0. The van der Waals surface area contributed by atoms with Crippen molar-refractivity contribution < 1.29 is 9.59 Å². The lowest BCUT2D eigenvalue weighted by Gasteiger charge is -2.33. The Morgan fingerprint density at radius 2 is 1.74 bits per heavy atom. The van der Waals surface area contributed by atoms with Gasteiger partial charge in [-0.05, 0) is 42.5 Å². The van der Waals surface area contributed by atoms with Crippen molar-refractivity contribution in [2.75, 3.05) is 13.1 Å². The van der Waals surface area contributed by atoms with Gasteiger partial charge in [0.25, 0.3) is 5.91 Å². The van der Waals surface area contributed by atoms with Gasteiger partial charge in [-0.3, -0.25) is 9.59 Å². The van der Waals surface area contributed by atoms with Crippen LogP contribution in [-0.4, -0.2) is 35.8 Å². The molecule has 23 heavy (non-hydrogen) atoms. The highest BCUT2D eigenvalue weighted by atomic mass is 79.9. The van der Waals surface area contributed by atoms with Gasteiger partial charge in [0, 0.05) is 35.6 Å². The highest BCUT2D eigenvalue weighted by Gasteiger charge is 2.25. The average molecular weight is 381 g/mol. The van der Waals surface area contributed by atoms with Crippen LogP contribution in [-0.2, 0) is 4.79 Å². The van der Waals surface area contributed by atoms with Crippen molar-refractivity contribution in [3.8, 4) is 0 Å². The first kappa shape index (κ1) is 18.0. The quantitative estimate of drug-likeness (QED) is 0.870. The Bertz CT molecular complexity index is 555. The van der Waals surface area contributed by atoms with Crippen molar-refractivity contribution in [1.29, 1.82) is 0 Å². The van der Waals surface area contributed by atoms with Crippen molar-refractivity contribution >= 4 is 27.7 Å². The predicted molar refractivity (Wildman–Crippen MR) is 95.3 cm³/mol. The Kier molecular flexibility index (Phi) is 5.84. The number of hydrogen-bond acceptors (Lipinski definition) is 2. The maximum absolute atomic E-state index is 12.5. The molecule has 0 radical (unpaired) electrons. The molecule has 0 aliphatic carbocycles. The number of nitrogens with zero attached hydrogens (tertiary/aromatic N) is 1. The zero-order valence-corrected chi connectivity index (χ0v) is 15.6. The highest BCUT2D eigenvalue weighted by molar-refractivity contribution is 9.10. The molecule has 0 atom stereocenters. The minimum Gasteiger partial charge on any atom is -0.353 e. The molecule has 1 N–H and O–H groups in total. The van der Waals surface area contributed by atoms with E-state index in [2.05, 4.69) is 42.0 Å². The van der Waals surface area contributed by atoms with E-state index in [0.717, 1.165) is 17.3 Å². The SMILES string of the molecule is CC(C)(C)CC(=O)NC1CCN(C(=O)c2ccc(Br)cc2)CC1. The van der Waals surface area contributed by atoms with Crippen LogP contribution in [0, 0.1) is 5.41 Å². The van der Waals surface area contributed by atoms with Crippen LogP contribution in [0.2, 0.25) is 0 Å². The van der Waals surface area contributed by atoms with E-state index >= 15 is 0 Å². The van der Waals surface area contributed by atoms with Crippen molar-refractivity contribution in [2.45, 2.75) is 46.1 Å². The second-order valence-corrected chi connectivity index (χ2v) is 8.29. The number of amides is 2. The van der Waals surface area contributed by atoms with Gasteiger partial charge in [0.15, 0.2) is 0 Å². The summed E-state index contributed by atoms with van der Waals surface area (Å²) >= 11 is 3.38. The standard InChI is InChI=1S/C18H25BrN2O2/c1-18(2,3)12-16(22)20-15-8-10-21(11-9-15)17(23)13-4-6-14(19)7-5-13/h4-7,15H,8-12H2,1-3H3,(H,20,22). The Labute approximate surface area is 146 Å². The van der Waals surface area contributed by atoms with E-state index in [1.165, 1.54) is 0 Å². The number of carbonyl (C=O) groups is 2. The first-order valence-electron chi connectivity index (χ1n) is 8.09. The van der Waals surface area contributed by atoms with Gasteiger partial charge >= 0.3 is 0 Å². The van der Waals surface area contributed by atoms with Crippen LogP contribution in [0.3, 0.4) is 0 Å². The van der Waals surface area contributed by atoms with Crippen LogP contribution in [0.25, 0.3) is 0 Å². The fourth-order valence-corrected chi connectivity index (χ4v) is 3.03. The number of piperidine rings is 1. The van der Waals surface area contributed by atoms with E-state index < -0.39 is 0 Å². The molecule has 1 aliphatic heterocycles. The lowest BCUT2D eigenvalue weighted by atomic mass is 9.91. The molecule has 4 nitrogen and oxygen atoms in total. The highest BCUT2D eigenvalue weighted by Crippen LogP contribution is 2.20. The van der Waals surface area contributed by atoms with E-state index in [4.69, 9.17) is 0 Å². The topological polar surface area (TPSA) is 49.4 Å². The molecule has 1 heterocycles. The maximum Gasteiger partial charge on any atom is 0.253 e. The number of halogens is 1. The molecule has 126 valence electrons. The van der Waals surface area contributed by atoms with Crippen molar-refractivity contribution in [2.24, 2.45) is 5.41 Å². The Morgan fingerprint density at radius 1 is 1.17 bits per heavy atom. The fraction of sp³-hybridized carbons (Fsp3) is 0.556.